The highest BCUT2D eigenvalue weighted by Gasteiger charge is 2.35. The number of esters is 1. The summed E-state index contributed by atoms with van der Waals surface area (Å²) < 4.78 is 28.2. The maximum Gasteiger partial charge on any atom is 0.338 e. The normalized spacial score (nSPS) is 15.0. The quantitative estimate of drug-likeness (QED) is 0.213. The number of aromatic nitrogens is 1. The van der Waals surface area contributed by atoms with Crippen LogP contribution in [0.3, 0.4) is 0 Å². The maximum absolute atomic E-state index is 13.9. The highest BCUT2D eigenvalue weighted by molar-refractivity contribution is 9.10. The Morgan fingerprint density at radius 1 is 1.05 bits per heavy atom. The lowest BCUT2D eigenvalue weighted by atomic mass is 9.93. The second kappa shape index (κ2) is 11.3. The Balaban J connectivity index is 1.56. The lowest BCUT2D eigenvalue weighted by molar-refractivity contribution is -0.138. The van der Waals surface area contributed by atoms with E-state index in [1.807, 2.05) is 60.7 Å². The number of ether oxygens (including phenoxy) is 1. The summed E-state index contributed by atoms with van der Waals surface area (Å²) in [5, 5.41) is 0. The fourth-order valence-corrected chi connectivity index (χ4v) is 6.14. The molecule has 0 bridgehead atoms. The zero-order valence-electron chi connectivity index (χ0n) is 21.7. The molecule has 6 nitrogen and oxygen atoms in total. The van der Waals surface area contributed by atoms with Gasteiger partial charge in [-0.3, -0.25) is 9.36 Å². The van der Waals surface area contributed by atoms with Crippen molar-refractivity contribution >= 4 is 45.0 Å². The van der Waals surface area contributed by atoms with E-state index >= 15 is 0 Å². The van der Waals surface area contributed by atoms with E-state index < -0.39 is 17.8 Å². The van der Waals surface area contributed by atoms with Crippen LogP contribution in [0, 0.1) is 5.82 Å². The van der Waals surface area contributed by atoms with Gasteiger partial charge < -0.3 is 9.15 Å². The van der Waals surface area contributed by atoms with Gasteiger partial charge in [-0.05, 0) is 48.9 Å². The van der Waals surface area contributed by atoms with Crippen molar-refractivity contribution < 1.29 is 18.3 Å². The first kappa shape index (κ1) is 26.9. The number of nitrogens with zero attached hydrogens (tertiary/aromatic N) is 2. The zero-order valence-corrected chi connectivity index (χ0v) is 24.1. The molecule has 0 saturated carbocycles. The molecule has 3 aromatic carbocycles. The Bertz CT molecular complexity index is 1970. The molecule has 0 amide bonds. The second-order valence-electron chi connectivity index (χ2n) is 9.20. The highest BCUT2D eigenvalue weighted by Crippen LogP contribution is 2.35. The van der Waals surface area contributed by atoms with E-state index in [0.717, 1.165) is 10.0 Å². The molecule has 5 aromatic rings. The highest BCUT2D eigenvalue weighted by atomic mass is 79.9. The predicted octanol–water partition coefficient (Wildman–Crippen LogP) is 6.10. The molecule has 3 heterocycles. The van der Waals surface area contributed by atoms with Crippen LogP contribution in [0.5, 0.6) is 0 Å². The molecule has 204 valence electrons. The number of carbonyl (C=O) groups excluding carboxylic acids is 1. The van der Waals surface area contributed by atoms with E-state index in [4.69, 9.17) is 14.1 Å². The molecule has 9 heteroatoms. The summed E-state index contributed by atoms with van der Waals surface area (Å²) in [7, 11) is 0. The third-order valence-corrected chi connectivity index (χ3v) is 8.04. The molecule has 1 atom stereocenters. The molecule has 0 fully saturated rings. The molecule has 0 N–H and O–H groups in total. The standard InChI is InChI=1S/C32H22BrFN2O4S/c1-2-39-31(38)27-28(19-7-4-3-5-8-19)35-32-36(29(27)20-11-13-23(34)14-12-20)30(37)26(41-32)18-24-15-16-25(40-24)21-9-6-10-22(33)17-21/h3-18,29H,2H2,1H3/b26-18-/t29-/m0/s1. The number of carbonyl (C=O) groups is 1. The minimum Gasteiger partial charge on any atom is -0.463 e. The van der Waals surface area contributed by atoms with E-state index in [0.29, 0.717) is 37.7 Å². The van der Waals surface area contributed by atoms with E-state index in [1.54, 1.807) is 31.2 Å². The number of halogens is 2. The summed E-state index contributed by atoms with van der Waals surface area (Å²) in [6.45, 7) is 1.86. The average Bonchev–Trinajstić information content (AvgIpc) is 3.57. The average molecular weight is 630 g/mol. The molecule has 0 saturated heterocycles. The van der Waals surface area contributed by atoms with Crippen molar-refractivity contribution in [1.29, 1.82) is 0 Å². The minimum atomic E-state index is -0.878. The lowest BCUT2D eigenvalue weighted by Crippen LogP contribution is -2.40. The smallest absolute Gasteiger partial charge is 0.338 e. The first-order chi connectivity index (χ1) is 19.9. The minimum absolute atomic E-state index is 0.143. The van der Waals surface area contributed by atoms with E-state index in [2.05, 4.69) is 15.9 Å². The van der Waals surface area contributed by atoms with Gasteiger partial charge in [0.2, 0.25) is 0 Å². The number of benzene rings is 3. The van der Waals surface area contributed by atoms with E-state index in [1.165, 1.54) is 28.0 Å². The van der Waals surface area contributed by atoms with Crippen LogP contribution in [0.2, 0.25) is 0 Å². The number of hydrogen-bond donors (Lipinski definition) is 0. The van der Waals surface area contributed by atoms with Gasteiger partial charge in [-0.2, -0.15) is 0 Å². The van der Waals surface area contributed by atoms with Crippen LogP contribution in [-0.2, 0) is 9.53 Å². The van der Waals surface area contributed by atoms with Gasteiger partial charge in [0.1, 0.15) is 17.3 Å². The Morgan fingerprint density at radius 3 is 2.54 bits per heavy atom. The van der Waals surface area contributed by atoms with Gasteiger partial charge in [0.05, 0.1) is 28.5 Å². The van der Waals surface area contributed by atoms with Crippen molar-refractivity contribution in [3.8, 4) is 11.3 Å². The molecule has 0 spiro atoms. The Kier molecular flexibility index (Phi) is 7.38. The van der Waals surface area contributed by atoms with Gasteiger partial charge in [-0.1, -0.05) is 81.9 Å². The van der Waals surface area contributed by atoms with Gasteiger partial charge in [0, 0.05) is 21.7 Å². The van der Waals surface area contributed by atoms with Gasteiger partial charge in [0.15, 0.2) is 4.80 Å². The van der Waals surface area contributed by atoms with Gasteiger partial charge in [-0.15, -0.1) is 0 Å². The first-order valence-corrected chi connectivity index (χ1v) is 14.4. The molecular formula is C32H22BrFN2O4S. The molecule has 6 rings (SSSR count). The Morgan fingerprint density at radius 2 is 1.80 bits per heavy atom. The molecular weight excluding hydrogens is 607 g/mol. The van der Waals surface area contributed by atoms with Crippen LogP contribution >= 0.6 is 27.3 Å². The summed E-state index contributed by atoms with van der Waals surface area (Å²) in [4.78, 5) is 32.6. The third-order valence-electron chi connectivity index (χ3n) is 6.57. The monoisotopic (exact) mass is 628 g/mol. The molecule has 41 heavy (non-hydrogen) atoms. The van der Waals surface area contributed by atoms with Crippen molar-refractivity contribution in [2.24, 2.45) is 4.99 Å². The maximum atomic E-state index is 13.9. The number of furan rings is 1. The van der Waals surface area contributed by atoms with Crippen molar-refractivity contribution in [3.05, 3.63) is 143 Å². The fourth-order valence-electron chi connectivity index (χ4n) is 4.76. The van der Waals surface area contributed by atoms with Gasteiger partial charge in [-0.25, -0.2) is 14.2 Å². The third kappa shape index (κ3) is 5.26. The Hall–Kier alpha value is -4.34. The molecule has 2 aromatic heterocycles. The summed E-state index contributed by atoms with van der Waals surface area (Å²) >= 11 is 4.67. The van der Waals surface area contributed by atoms with Crippen LogP contribution in [0.25, 0.3) is 23.1 Å². The molecule has 0 radical (unpaired) electrons. The zero-order chi connectivity index (χ0) is 28.5. The fraction of sp³-hybridized carbons (Fsp3) is 0.0938. The summed E-state index contributed by atoms with van der Waals surface area (Å²) in [5.41, 5.74) is 2.41. The SMILES string of the molecule is CCOC(=O)C1=C(c2ccccc2)N=c2s/c(=C\c3ccc(-c4cccc(Br)c4)o3)c(=O)n2[C@H]1c1ccc(F)cc1. The van der Waals surface area contributed by atoms with Crippen molar-refractivity contribution in [2.45, 2.75) is 13.0 Å². The molecule has 1 aliphatic rings. The molecule has 0 unspecified atom stereocenters. The number of hydrogen-bond acceptors (Lipinski definition) is 6. The molecule has 1 aliphatic heterocycles. The lowest BCUT2D eigenvalue weighted by Gasteiger charge is -2.25. The van der Waals surface area contributed by atoms with Crippen LogP contribution in [-0.4, -0.2) is 17.1 Å². The van der Waals surface area contributed by atoms with Crippen molar-refractivity contribution in [1.82, 2.24) is 4.57 Å². The first-order valence-electron chi connectivity index (χ1n) is 12.8. The number of fused-ring (bicyclic) bond motifs is 1. The van der Waals surface area contributed by atoms with Gasteiger partial charge in [0.25, 0.3) is 5.56 Å². The largest absolute Gasteiger partial charge is 0.463 e. The number of thiazole rings is 1. The van der Waals surface area contributed by atoms with E-state index in [9.17, 15) is 14.0 Å². The van der Waals surface area contributed by atoms with Crippen LogP contribution < -0.4 is 14.9 Å². The van der Waals surface area contributed by atoms with E-state index in [-0.39, 0.29) is 17.7 Å². The van der Waals surface area contributed by atoms with Crippen LogP contribution in [0.1, 0.15) is 29.9 Å². The summed E-state index contributed by atoms with van der Waals surface area (Å²) in [5.74, 6) is 0.135. The molecule has 0 aliphatic carbocycles. The number of rotatable bonds is 6. The van der Waals surface area contributed by atoms with Gasteiger partial charge >= 0.3 is 5.97 Å². The van der Waals surface area contributed by atoms with Crippen molar-refractivity contribution in [2.75, 3.05) is 6.61 Å². The predicted molar refractivity (Wildman–Crippen MR) is 159 cm³/mol. The van der Waals surface area contributed by atoms with Crippen LogP contribution in [0.4, 0.5) is 4.39 Å². The summed E-state index contributed by atoms with van der Waals surface area (Å²) in [6.07, 6.45) is 1.67. The van der Waals surface area contributed by atoms with Crippen molar-refractivity contribution in [3.63, 3.8) is 0 Å². The Labute approximate surface area is 246 Å². The second-order valence-corrected chi connectivity index (χ2v) is 11.1. The van der Waals surface area contributed by atoms with Crippen LogP contribution in [0.15, 0.2) is 115 Å². The topological polar surface area (TPSA) is 73.8 Å². The summed E-state index contributed by atoms with van der Waals surface area (Å²) in [6, 6.07) is 25.5.